The van der Waals surface area contributed by atoms with Crippen molar-refractivity contribution in [3.8, 4) is 11.5 Å². The number of carbonyl (C=O) groups is 1. The number of rotatable bonds is 3. The van der Waals surface area contributed by atoms with Crippen LogP contribution in [0.15, 0.2) is 30.3 Å². The number of hydrogen-bond donors (Lipinski definition) is 1. The van der Waals surface area contributed by atoms with E-state index in [0.29, 0.717) is 30.4 Å². The Bertz CT molecular complexity index is 1110. The quantitative estimate of drug-likeness (QED) is 0.713. The molecule has 2 aromatic carbocycles. The number of aromatic nitrogens is 2. The summed E-state index contributed by atoms with van der Waals surface area (Å²) >= 11 is 0. The van der Waals surface area contributed by atoms with Gasteiger partial charge in [-0.3, -0.25) is 4.79 Å². The minimum atomic E-state index is -4.72. The van der Waals surface area contributed by atoms with Crippen molar-refractivity contribution >= 4 is 22.6 Å². The number of imidazole rings is 1. The van der Waals surface area contributed by atoms with Crippen LogP contribution in [0.25, 0.3) is 11.0 Å². The van der Waals surface area contributed by atoms with Gasteiger partial charge in [-0.25, -0.2) is 4.98 Å². The van der Waals surface area contributed by atoms with E-state index in [9.17, 15) is 18.0 Å². The third kappa shape index (κ3) is 3.72. The maximum Gasteiger partial charge on any atom is 0.449 e. The van der Waals surface area contributed by atoms with Crippen molar-refractivity contribution in [2.24, 2.45) is 0 Å². The van der Waals surface area contributed by atoms with Crippen molar-refractivity contribution < 1.29 is 27.4 Å². The van der Waals surface area contributed by atoms with E-state index in [4.69, 9.17) is 9.47 Å². The van der Waals surface area contributed by atoms with E-state index < -0.39 is 24.5 Å². The van der Waals surface area contributed by atoms with Crippen LogP contribution >= 0.6 is 0 Å². The summed E-state index contributed by atoms with van der Waals surface area (Å²) in [5.41, 5.74) is 2.63. The number of nitrogens with one attached hydrogen (secondary N) is 1. The number of fused-ring (bicyclic) bond motifs is 2. The molecule has 6 nitrogen and oxygen atoms in total. The van der Waals surface area contributed by atoms with Gasteiger partial charge in [0.25, 0.3) is 0 Å². The molecule has 1 aliphatic rings. The first-order valence-corrected chi connectivity index (χ1v) is 8.96. The van der Waals surface area contributed by atoms with Gasteiger partial charge in [0.05, 0.1) is 11.0 Å². The van der Waals surface area contributed by atoms with Gasteiger partial charge in [0, 0.05) is 17.8 Å². The van der Waals surface area contributed by atoms with Crippen LogP contribution in [-0.4, -0.2) is 28.7 Å². The molecule has 29 heavy (non-hydrogen) atoms. The molecule has 152 valence electrons. The molecule has 1 N–H and O–H groups in total. The maximum absolute atomic E-state index is 13.6. The Balaban J connectivity index is 1.71. The second kappa shape index (κ2) is 6.98. The van der Waals surface area contributed by atoms with Crippen LogP contribution in [0.4, 0.5) is 18.9 Å². The number of anilines is 1. The lowest BCUT2D eigenvalue weighted by atomic mass is 10.1. The van der Waals surface area contributed by atoms with Crippen molar-refractivity contribution in [3.63, 3.8) is 0 Å². The first-order chi connectivity index (χ1) is 13.7. The van der Waals surface area contributed by atoms with Crippen LogP contribution in [0, 0.1) is 13.8 Å². The molecule has 1 amide bonds. The van der Waals surface area contributed by atoms with Crippen LogP contribution in [-0.2, 0) is 17.5 Å². The lowest BCUT2D eigenvalue weighted by molar-refractivity contribution is -0.147. The highest BCUT2D eigenvalue weighted by atomic mass is 19.4. The molecule has 9 heteroatoms. The minimum Gasteiger partial charge on any atom is -0.486 e. The molecule has 0 fully saturated rings. The van der Waals surface area contributed by atoms with Gasteiger partial charge >= 0.3 is 6.18 Å². The summed E-state index contributed by atoms with van der Waals surface area (Å²) in [6.07, 6.45) is -4.72. The second-order valence-electron chi connectivity index (χ2n) is 6.87. The SMILES string of the molecule is Cc1ccc(NC(=O)Cn2c(C(F)(F)F)nc3cc4c(cc32)OCCO4)c(C)c1. The van der Waals surface area contributed by atoms with Crippen LogP contribution < -0.4 is 14.8 Å². The first kappa shape index (κ1) is 19.1. The summed E-state index contributed by atoms with van der Waals surface area (Å²) in [7, 11) is 0. The molecule has 0 radical (unpaired) electrons. The van der Waals surface area contributed by atoms with Gasteiger partial charge < -0.3 is 19.4 Å². The zero-order chi connectivity index (χ0) is 20.8. The molecular weight excluding hydrogens is 387 g/mol. The predicted octanol–water partition coefficient (Wildman–Crippen LogP) is 4.08. The van der Waals surface area contributed by atoms with Gasteiger partial charge in [0.15, 0.2) is 11.5 Å². The van der Waals surface area contributed by atoms with E-state index >= 15 is 0 Å². The lowest BCUT2D eigenvalue weighted by Gasteiger charge is -2.18. The molecule has 0 spiro atoms. The van der Waals surface area contributed by atoms with Crippen molar-refractivity contribution in [1.29, 1.82) is 0 Å². The Labute approximate surface area is 164 Å². The van der Waals surface area contributed by atoms with Gasteiger partial charge in [-0.1, -0.05) is 17.7 Å². The standard InChI is InChI=1S/C20H18F3N3O3/c1-11-3-4-13(12(2)7-11)24-18(27)10-26-15-9-17-16(28-5-6-29-17)8-14(15)25-19(26)20(21,22)23/h3-4,7-9H,5-6,10H2,1-2H3,(H,24,27). The average Bonchev–Trinajstić information content (AvgIpc) is 3.00. The number of ether oxygens (including phenoxy) is 2. The highest BCUT2D eigenvalue weighted by Crippen LogP contribution is 2.38. The lowest BCUT2D eigenvalue weighted by Crippen LogP contribution is -2.23. The molecule has 0 atom stereocenters. The number of amides is 1. The van der Waals surface area contributed by atoms with Crippen molar-refractivity contribution in [2.75, 3.05) is 18.5 Å². The molecule has 2 heterocycles. The second-order valence-corrected chi connectivity index (χ2v) is 6.87. The highest BCUT2D eigenvalue weighted by molar-refractivity contribution is 5.92. The monoisotopic (exact) mass is 405 g/mol. The van der Waals surface area contributed by atoms with E-state index in [0.717, 1.165) is 15.7 Å². The van der Waals surface area contributed by atoms with E-state index in [2.05, 4.69) is 10.3 Å². The van der Waals surface area contributed by atoms with Gasteiger partial charge in [-0.05, 0) is 25.5 Å². The summed E-state index contributed by atoms with van der Waals surface area (Å²) in [6, 6.07) is 8.25. The van der Waals surface area contributed by atoms with Crippen LogP contribution in [0.5, 0.6) is 11.5 Å². The Morgan fingerprint density at radius 2 is 1.83 bits per heavy atom. The fourth-order valence-electron chi connectivity index (χ4n) is 3.33. The number of carbonyl (C=O) groups excluding carboxylic acids is 1. The average molecular weight is 405 g/mol. The zero-order valence-corrected chi connectivity index (χ0v) is 15.8. The zero-order valence-electron chi connectivity index (χ0n) is 15.8. The van der Waals surface area contributed by atoms with E-state index in [1.165, 1.54) is 12.1 Å². The summed E-state index contributed by atoms with van der Waals surface area (Å²) in [5.74, 6) is -1.07. The topological polar surface area (TPSA) is 65.4 Å². The number of halogens is 3. The number of aryl methyl sites for hydroxylation is 2. The molecule has 1 aliphatic heterocycles. The van der Waals surface area contributed by atoms with Crippen molar-refractivity contribution in [2.45, 2.75) is 26.6 Å². The van der Waals surface area contributed by atoms with E-state index in [-0.39, 0.29) is 11.0 Å². The molecule has 0 saturated carbocycles. The van der Waals surface area contributed by atoms with Gasteiger partial charge in [-0.15, -0.1) is 0 Å². The molecule has 0 saturated heterocycles. The van der Waals surface area contributed by atoms with E-state index in [1.54, 1.807) is 6.07 Å². The number of hydrogen-bond acceptors (Lipinski definition) is 4. The molecule has 3 aromatic rings. The Hall–Kier alpha value is -3.23. The van der Waals surface area contributed by atoms with Crippen LogP contribution in [0.3, 0.4) is 0 Å². The maximum atomic E-state index is 13.6. The van der Waals surface area contributed by atoms with Gasteiger partial charge in [-0.2, -0.15) is 13.2 Å². The minimum absolute atomic E-state index is 0.0842. The summed E-state index contributed by atoms with van der Waals surface area (Å²) in [4.78, 5) is 16.2. The number of nitrogens with zero attached hydrogens (tertiary/aromatic N) is 2. The van der Waals surface area contributed by atoms with Crippen molar-refractivity contribution in [3.05, 3.63) is 47.3 Å². The summed E-state index contributed by atoms with van der Waals surface area (Å²) in [6.45, 7) is 3.80. The Morgan fingerprint density at radius 1 is 1.14 bits per heavy atom. The molecule has 0 bridgehead atoms. The third-order valence-corrected chi connectivity index (χ3v) is 4.62. The van der Waals surface area contributed by atoms with Crippen LogP contribution in [0.1, 0.15) is 17.0 Å². The summed E-state index contributed by atoms with van der Waals surface area (Å²) < 4.78 is 52.4. The Morgan fingerprint density at radius 3 is 2.48 bits per heavy atom. The molecule has 1 aromatic heterocycles. The van der Waals surface area contributed by atoms with Gasteiger partial charge in [0.1, 0.15) is 19.8 Å². The first-order valence-electron chi connectivity index (χ1n) is 8.96. The number of benzene rings is 2. The van der Waals surface area contributed by atoms with Crippen LogP contribution in [0.2, 0.25) is 0 Å². The fraction of sp³-hybridized carbons (Fsp3) is 0.300. The number of alkyl halides is 3. The predicted molar refractivity (Wildman–Crippen MR) is 100 cm³/mol. The molecule has 0 aliphatic carbocycles. The normalized spacial score (nSPS) is 13.6. The molecule has 0 unspecified atom stereocenters. The van der Waals surface area contributed by atoms with Gasteiger partial charge in [0.2, 0.25) is 11.7 Å². The highest BCUT2D eigenvalue weighted by Gasteiger charge is 2.38. The van der Waals surface area contributed by atoms with E-state index in [1.807, 2.05) is 26.0 Å². The van der Waals surface area contributed by atoms with Crippen molar-refractivity contribution in [1.82, 2.24) is 9.55 Å². The largest absolute Gasteiger partial charge is 0.486 e. The Kier molecular flexibility index (Phi) is 4.60. The third-order valence-electron chi connectivity index (χ3n) is 4.62. The molecular formula is C20H18F3N3O3. The molecule has 4 rings (SSSR count). The smallest absolute Gasteiger partial charge is 0.449 e. The fourth-order valence-corrected chi connectivity index (χ4v) is 3.33. The summed E-state index contributed by atoms with van der Waals surface area (Å²) in [5, 5.41) is 2.67.